The zero-order chi connectivity index (χ0) is 23.4. The van der Waals surface area contributed by atoms with Gasteiger partial charge in [0.15, 0.2) is 5.03 Å². The largest absolute Gasteiger partial charge is 0.492 e. The molecular weight excluding hydrogens is 436 g/mol. The maximum Gasteiger partial charge on any atom is 0.259 e. The molecule has 8 heteroatoms. The first-order valence-electron chi connectivity index (χ1n) is 11.3. The van der Waals surface area contributed by atoms with Crippen LogP contribution in [-0.4, -0.2) is 37.2 Å². The number of nitrogens with zero attached hydrogens (tertiary/aromatic N) is 2. The molecule has 0 fully saturated rings. The molecule has 176 valence electrons. The summed E-state index contributed by atoms with van der Waals surface area (Å²) in [6.07, 6.45) is 3.85. The van der Waals surface area contributed by atoms with Gasteiger partial charge >= 0.3 is 0 Å². The maximum atomic E-state index is 12.6. The SMILES string of the molecule is CC(C)CNC1COc2ccc(CNS(=O)(=O)c3cn(C)cn3)cc2C1Cc1ccccc1. The van der Waals surface area contributed by atoms with Crippen molar-refractivity contribution >= 4 is 10.0 Å². The van der Waals surface area contributed by atoms with Crippen molar-refractivity contribution in [2.45, 2.75) is 43.8 Å². The number of imidazole rings is 1. The Morgan fingerprint density at radius 3 is 2.64 bits per heavy atom. The van der Waals surface area contributed by atoms with Crippen molar-refractivity contribution < 1.29 is 13.2 Å². The fourth-order valence-corrected chi connectivity index (χ4v) is 5.13. The molecule has 2 N–H and O–H groups in total. The van der Waals surface area contributed by atoms with E-state index < -0.39 is 10.0 Å². The van der Waals surface area contributed by atoms with E-state index in [1.165, 1.54) is 18.1 Å². The Balaban J connectivity index is 1.57. The zero-order valence-corrected chi connectivity index (χ0v) is 20.2. The lowest BCUT2D eigenvalue weighted by Crippen LogP contribution is -2.44. The molecule has 1 aromatic heterocycles. The number of hydrogen-bond acceptors (Lipinski definition) is 5. The second kappa shape index (κ2) is 10.1. The summed E-state index contributed by atoms with van der Waals surface area (Å²) in [7, 11) is -1.93. The Labute approximate surface area is 196 Å². The number of fused-ring (bicyclic) bond motifs is 1. The van der Waals surface area contributed by atoms with Crippen molar-refractivity contribution in [2.75, 3.05) is 13.2 Å². The highest BCUT2D eigenvalue weighted by Crippen LogP contribution is 2.37. The first-order chi connectivity index (χ1) is 15.8. The topological polar surface area (TPSA) is 85.3 Å². The normalized spacial score (nSPS) is 18.2. The number of sulfonamides is 1. The van der Waals surface area contributed by atoms with Crippen molar-refractivity contribution in [3.05, 3.63) is 77.7 Å². The van der Waals surface area contributed by atoms with Gasteiger partial charge in [-0.1, -0.05) is 56.3 Å². The average molecular weight is 469 g/mol. The number of aromatic nitrogens is 2. The molecule has 4 rings (SSSR count). The lowest BCUT2D eigenvalue weighted by atomic mass is 9.83. The lowest BCUT2D eigenvalue weighted by Gasteiger charge is -2.35. The summed E-state index contributed by atoms with van der Waals surface area (Å²) in [6.45, 7) is 6.11. The molecule has 2 unspecified atom stereocenters. The van der Waals surface area contributed by atoms with E-state index in [4.69, 9.17) is 4.74 Å². The van der Waals surface area contributed by atoms with Crippen LogP contribution in [0, 0.1) is 5.92 Å². The molecule has 0 saturated carbocycles. The van der Waals surface area contributed by atoms with Crippen LogP contribution in [0.1, 0.15) is 36.5 Å². The van der Waals surface area contributed by atoms with E-state index in [1.54, 1.807) is 11.6 Å². The van der Waals surface area contributed by atoms with Crippen LogP contribution < -0.4 is 14.8 Å². The van der Waals surface area contributed by atoms with Gasteiger partial charge in [0.1, 0.15) is 12.4 Å². The standard InChI is InChI=1S/C25H32N4O3S/c1-18(2)13-26-23-16-32-24-10-9-20(14-28-33(30,31)25-15-29(3)17-27-25)12-22(24)21(23)11-19-7-5-4-6-8-19/h4-10,12,15,17-18,21,23,26,28H,11,13-14,16H2,1-3H3. The van der Waals surface area contributed by atoms with Gasteiger partial charge < -0.3 is 14.6 Å². The number of ether oxygens (including phenoxy) is 1. The Kier molecular flexibility index (Phi) is 7.17. The fraction of sp³-hybridized carbons (Fsp3) is 0.400. The molecule has 3 aromatic rings. The van der Waals surface area contributed by atoms with Crippen LogP contribution in [0.4, 0.5) is 0 Å². The van der Waals surface area contributed by atoms with E-state index in [1.807, 2.05) is 18.2 Å². The minimum absolute atomic E-state index is 0.0196. The van der Waals surface area contributed by atoms with E-state index in [9.17, 15) is 8.42 Å². The summed E-state index contributed by atoms with van der Waals surface area (Å²) in [5.41, 5.74) is 3.27. The molecule has 2 aromatic carbocycles. The fourth-order valence-electron chi connectivity index (χ4n) is 4.13. The average Bonchev–Trinajstić information content (AvgIpc) is 3.25. The van der Waals surface area contributed by atoms with Gasteiger partial charge in [-0.05, 0) is 41.6 Å². The number of hydrogen-bond donors (Lipinski definition) is 2. The third-order valence-corrected chi connectivity index (χ3v) is 7.17. The zero-order valence-electron chi connectivity index (χ0n) is 19.4. The molecule has 7 nitrogen and oxygen atoms in total. The van der Waals surface area contributed by atoms with Gasteiger partial charge in [-0.2, -0.15) is 0 Å². The Bertz CT molecular complexity index is 1180. The van der Waals surface area contributed by atoms with Crippen molar-refractivity contribution in [1.82, 2.24) is 19.6 Å². The molecule has 33 heavy (non-hydrogen) atoms. The van der Waals surface area contributed by atoms with Crippen molar-refractivity contribution in [2.24, 2.45) is 13.0 Å². The van der Waals surface area contributed by atoms with Gasteiger partial charge in [-0.25, -0.2) is 18.1 Å². The molecule has 1 aliphatic rings. The molecule has 0 spiro atoms. The molecule has 0 amide bonds. The van der Waals surface area contributed by atoms with E-state index in [0.717, 1.165) is 29.8 Å². The van der Waals surface area contributed by atoms with Gasteiger partial charge in [-0.3, -0.25) is 0 Å². The van der Waals surface area contributed by atoms with Gasteiger partial charge in [-0.15, -0.1) is 0 Å². The van der Waals surface area contributed by atoms with Crippen LogP contribution in [0.3, 0.4) is 0 Å². The molecular formula is C25H32N4O3S. The third-order valence-electron chi connectivity index (χ3n) is 5.89. The second-order valence-electron chi connectivity index (χ2n) is 9.09. The smallest absolute Gasteiger partial charge is 0.259 e. The number of benzene rings is 2. The minimum Gasteiger partial charge on any atom is -0.492 e. The van der Waals surface area contributed by atoms with Crippen LogP contribution >= 0.6 is 0 Å². The molecule has 2 heterocycles. The quantitative estimate of drug-likeness (QED) is 0.504. The Hall–Kier alpha value is -2.68. The highest BCUT2D eigenvalue weighted by atomic mass is 32.2. The summed E-state index contributed by atoms with van der Waals surface area (Å²) < 4.78 is 35.6. The summed E-state index contributed by atoms with van der Waals surface area (Å²) in [5, 5.41) is 3.70. The predicted octanol–water partition coefficient (Wildman–Crippen LogP) is 3.23. The Morgan fingerprint density at radius 2 is 1.94 bits per heavy atom. The van der Waals surface area contributed by atoms with Crippen molar-refractivity contribution in [1.29, 1.82) is 0 Å². The first kappa shape index (κ1) is 23.5. The third kappa shape index (κ3) is 5.82. The number of aryl methyl sites for hydroxylation is 1. The van der Waals surface area contributed by atoms with Gasteiger partial charge in [0.05, 0.1) is 6.33 Å². The van der Waals surface area contributed by atoms with E-state index in [0.29, 0.717) is 12.5 Å². The number of rotatable bonds is 9. The monoisotopic (exact) mass is 468 g/mol. The summed E-state index contributed by atoms with van der Waals surface area (Å²) in [5.74, 6) is 1.63. The van der Waals surface area contributed by atoms with E-state index >= 15 is 0 Å². The summed E-state index contributed by atoms with van der Waals surface area (Å²) in [6, 6.07) is 16.6. The first-order valence-corrected chi connectivity index (χ1v) is 12.8. The molecule has 0 bridgehead atoms. The minimum atomic E-state index is -3.68. The van der Waals surface area contributed by atoms with Crippen LogP contribution in [0.2, 0.25) is 0 Å². The van der Waals surface area contributed by atoms with E-state index in [2.05, 4.69) is 59.2 Å². The van der Waals surface area contributed by atoms with E-state index in [-0.39, 0.29) is 23.5 Å². The molecule has 1 aliphatic heterocycles. The molecule has 0 saturated heterocycles. The summed E-state index contributed by atoms with van der Waals surface area (Å²) in [4.78, 5) is 3.96. The van der Waals surface area contributed by atoms with Gasteiger partial charge in [0, 0.05) is 31.7 Å². The molecule has 2 atom stereocenters. The molecule has 0 radical (unpaired) electrons. The maximum absolute atomic E-state index is 12.6. The Morgan fingerprint density at radius 1 is 1.15 bits per heavy atom. The van der Waals surface area contributed by atoms with Crippen LogP contribution in [0.5, 0.6) is 5.75 Å². The van der Waals surface area contributed by atoms with Crippen LogP contribution in [-0.2, 0) is 30.0 Å². The van der Waals surface area contributed by atoms with Crippen molar-refractivity contribution in [3.8, 4) is 5.75 Å². The highest BCUT2D eigenvalue weighted by Gasteiger charge is 2.31. The van der Waals surface area contributed by atoms with Crippen LogP contribution in [0.25, 0.3) is 0 Å². The highest BCUT2D eigenvalue weighted by molar-refractivity contribution is 7.89. The second-order valence-corrected chi connectivity index (χ2v) is 10.8. The van der Waals surface area contributed by atoms with Crippen LogP contribution in [0.15, 0.2) is 66.1 Å². The predicted molar refractivity (Wildman–Crippen MR) is 129 cm³/mol. The van der Waals surface area contributed by atoms with Gasteiger partial charge in [0.2, 0.25) is 0 Å². The summed E-state index contributed by atoms with van der Waals surface area (Å²) >= 11 is 0. The van der Waals surface area contributed by atoms with Crippen molar-refractivity contribution in [3.63, 3.8) is 0 Å². The molecule has 0 aliphatic carbocycles. The number of nitrogens with one attached hydrogen (secondary N) is 2. The lowest BCUT2D eigenvalue weighted by molar-refractivity contribution is 0.208. The van der Waals surface area contributed by atoms with Gasteiger partial charge in [0.25, 0.3) is 10.0 Å².